The maximum absolute atomic E-state index is 12.7. The lowest BCUT2D eigenvalue weighted by atomic mass is 9.73. The van der Waals surface area contributed by atoms with E-state index in [2.05, 4.69) is 10.4 Å². The molecule has 2 aliphatic heterocycles. The maximum atomic E-state index is 12.7. The minimum Gasteiger partial charge on any atom is -0.317 e. The zero-order valence-corrected chi connectivity index (χ0v) is 13.5. The molecule has 2 aromatic rings. The Bertz CT molecular complexity index is 725. The highest BCUT2D eigenvalue weighted by Crippen LogP contribution is 2.39. The summed E-state index contributed by atoms with van der Waals surface area (Å²) in [4.78, 5) is 12.7. The van der Waals surface area contributed by atoms with Crippen molar-refractivity contribution in [3.63, 3.8) is 0 Å². The highest BCUT2D eigenvalue weighted by atomic mass is 16.2. The molecule has 4 rings (SSSR count). The number of aromatic nitrogens is 3. The summed E-state index contributed by atoms with van der Waals surface area (Å²) in [6.45, 7) is 3.61. The Kier molecular flexibility index (Phi) is 3.81. The van der Waals surface area contributed by atoms with Crippen LogP contribution in [0.1, 0.15) is 37.1 Å². The van der Waals surface area contributed by atoms with Crippen LogP contribution in [0.4, 0.5) is 0 Å². The second-order valence-electron chi connectivity index (χ2n) is 6.99. The molecule has 0 atom stereocenters. The minimum atomic E-state index is 0.0508. The average Bonchev–Trinajstić information content (AvgIpc) is 2.77. The molecule has 0 unspecified atom stereocenters. The van der Waals surface area contributed by atoms with Crippen molar-refractivity contribution >= 4 is 0 Å². The predicted octanol–water partition coefficient (Wildman–Crippen LogP) is 1.80. The fourth-order valence-corrected chi connectivity index (χ4v) is 4.06. The summed E-state index contributed by atoms with van der Waals surface area (Å²) in [5.74, 6) is 0.973. The molecule has 122 valence electrons. The standard InChI is InChI=1S/C18H24N4O/c23-17-21-13-10-18(8-11-19-12-9-18)7-6-16(21)20-22(17)14-15-4-2-1-3-5-15/h1-5,19H,6-14H2. The van der Waals surface area contributed by atoms with Gasteiger partial charge in [0.05, 0.1) is 6.54 Å². The van der Waals surface area contributed by atoms with Crippen molar-refractivity contribution < 1.29 is 0 Å². The van der Waals surface area contributed by atoms with Gasteiger partial charge in [0.15, 0.2) is 0 Å². The number of nitrogens with zero attached hydrogens (tertiary/aromatic N) is 3. The predicted molar refractivity (Wildman–Crippen MR) is 89.5 cm³/mol. The molecule has 1 fully saturated rings. The molecule has 1 saturated heterocycles. The van der Waals surface area contributed by atoms with Gasteiger partial charge >= 0.3 is 5.69 Å². The van der Waals surface area contributed by atoms with Gasteiger partial charge in [-0.2, -0.15) is 5.10 Å². The first kappa shape index (κ1) is 14.7. The van der Waals surface area contributed by atoms with E-state index >= 15 is 0 Å². The summed E-state index contributed by atoms with van der Waals surface area (Å²) < 4.78 is 3.55. The largest absolute Gasteiger partial charge is 0.346 e. The van der Waals surface area contributed by atoms with Crippen LogP contribution in [-0.4, -0.2) is 27.4 Å². The normalized spacial score (nSPS) is 20.2. The molecular weight excluding hydrogens is 288 g/mol. The Morgan fingerprint density at radius 3 is 2.65 bits per heavy atom. The SMILES string of the molecule is O=c1n(Cc2ccccc2)nc2n1CCC1(CCNCC1)CC2. The molecule has 5 nitrogen and oxygen atoms in total. The van der Waals surface area contributed by atoms with Crippen molar-refractivity contribution in [1.82, 2.24) is 19.7 Å². The molecule has 0 aliphatic carbocycles. The minimum absolute atomic E-state index is 0.0508. The summed E-state index contributed by atoms with van der Waals surface area (Å²) in [6.07, 6.45) is 5.66. The number of rotatable bonds is 2. The second kappa shape index (κ2) is 5.96. The summed E-state index contributed by atoms with van der Waals surface area (Å²) in [5, 5.41) is 8.09. The Morgan fingerprint density at radius 1 is 1.09 bits per heavy atom. The lowest BCUT2D eigenvalue weighted by molar-refractivity contribution is 0.168. The van der Waals surface area contributed by atoms with Gasteiger partial charge in [-0.3, -0.25) is 4.57 Å². The van der Waals surface area contributed by atoms with E-state index in [0.29, 0.717) is 12.0 Å². The van der Waals surface area contributed by atoms with Gasteiger partial charge in [-0.15, -0.1) is 0 Å². The van der Waals surface area contributed by atoms with Crippen molar-refractivity contribution in [3.05, 3.63) is 52.2 Å². The molecule has 23 heavy (non-hydrogen) atoms. The van der Waals surface area contributed by atoms with E-state index in [1.807, 2.05) is 34.9 Å². The fraction of sp³-hybridized carbons (Fsp3) is 0.556. The first-order valence-electron chi connectivity index (χ1n) is 8.67. The van der Waals surface area contributed by atoms with Gasteiger partial charge in [-0.1, -0.05) is 30.3 Å². The molecular formula is C18H24N4O. The van der Waals surface area contributed by atoms with Crippen LogP contribution in [0.2, 0.25) is 0 Å². The van der Waals surface area contributed by atoms with E-state index in [1.165, 1.54) is 12.8 Å². The Hall–Kier alpha value is -1.88. The Morgan fingerprint density at radius 2 is 1.87 bits per heavy atom. The molecule has 0 amide bonds. The van der Waals surface area contributed by atoms with Crippen LogP contribution in [0, 0.1) is 5.41 Å². The fourth-order valence-electron chi connectivity index (χ4n) is 4.06. The number of hydrogen-bond acceptors (Lipinski definition) is 3. The third-order valence-corrected chi connectivity index (χ3v) is 5.58. The quantitative estimate of drug-likeness (QED) is 0.920. The third kappa shape index (κ3) is 2.85. The molecule has 3 heterocycles. The van der Waals surface area contributed by atoms with Gasteiger partial charge < -0.3 is 5.32 Å². The number of fused-ring (bicyclic) bond motifs is 1. The van der Waals surface area contributed by atoms with E-state index in [4.69, 9.17) is 0 Å². The smallest absolute Gasteiger partial charge is 0.317 e. The van der Waals surface area contributed by atoms with Crippen molar-refractivity contribution in [2.45, 2.75) is 45.2 Å². The van der Waals surface area contributed by atoms with Crippen LogP contribution in [-0.2, 0) is 19.5 Å². The van der Waals surface area contributed by atoms with Crippen LogP contribution < -0.4 is 11.0 Å². The van der Waals surface area contributed by atoms with E-state index in [9.17, 15) is 4.79 Å². The first-order valence-corrected chi connectivity index (χ1v) is 8.67. The van der Waals surface area contributed by atoms with E-state index in [0.717, 1.165) is 50.3 Å². The number of benzene rings is 1. The lowest BCUT2D eigenvalue weighted by Gasteiger charge is -2.36. The van der Waals surface area contributed by atoms with Crippen molar-refractivity contribution in [2.24, 2.45) is 5.41 Å². The van der Waals surface area contributed by atoms with Gasteiger partial charge in [0, 0.05) is 13.0 Å². The van der Waals surface area contributed by atoms with Crippen molar-refractivity contribution in [2.75, 3.05) is 13.1 Å². The van der Waals surface area contributed by atoms with E-state index in [1.54, 1.807) is 4.68 Å². The molecule has 1 spiro atoms. The highest BCUT2D eigenvalue weighted by molar-refractivity contribution is 5.14. The van der Waals surface area contributed by atoms with E-state index < -0.39 is 0 Å². The van der Waals surface area contributed by atoms with Gasteiger partial charge in [0.25, 0.3) is 0 Å². The Labute approximate surface area is 136 Å². The molecule has 5 heteroatoms. The van der Waals surface area contributed by atoms with Gasteiger partial charge in [-0.05, 0) is 49.8 Å². The van der Waals surface area contributed by atoms with Crippen molar-refractivity contribution in [3.8, 4) is 0 Å². The molecule has 1 N–H and O–H groups in total. The monoisotopic (exact) mass is 312 g/mol. The van der Waals surface area contributed by atoms with Crippen LogP contribution in [0.15, 0.2) is 35.1 Å². The number of nitrogens with one attached hydrogen (secondary N) is 1. The molecule has 2 aliphatic rings. The van der Waals surface area contributed by atoms with E-state index in [-0.39, 0.29) is 5.69 Å². The molecule has 1 aromatic heterocycles. The molecule has 0 saturated carbocycles. The van der Waals surface area contributed by atoms with Crippen LogP contribution in [0.5, 0.6) is 0 Å². The second-order valence-corrected chi connectivity index (χ2v) is 6.99. The zero-order valence-electron chi connectivity index (χ0n) is 13.5. The summed E-state index contributed by atoms with van der Waals surface area (Å²) in [6, 6.07) is 10.1. The summed E-state index contributed by atoms with van der Waals surface area (Å²) in [7, 11) is 0. The molecule has 0 radical (unpaired) electrons. The third-order valence-electron chi connectivity index (χ3n) is 5.58. The van der Waals surface area contributed by atoms with Crippen LogP contribution in [0.25, 0.3) is 0 Å². The first-order chi connectivity index (χ1) is 11.3. The van der Waals surface area contributed by atoms with Gasteiger partial charge in [0.2, 0.25) is 0 Å². The maximum Gasteiger partial charge on any atom is 0.346 e. The topological polar surface area (TPSA) is 51.9 Å². The molecule has 1 aromatic carbocycles. The van der Waals surface area contributed by atoms with Crippen molar-refractivity contribution in [1.29, 1.82) is 0 Å². The summed E-state index contributed by atoms with van der Waals surface area (Å²) >= 11 is 0. The number of hydrogen-bond donors (Lipinski definition) is 1. The Balaban J connectivity index is 1.56. The van der Waals surface area contributed by atoms with Gasteiger partial charge in [0.1, 0.15) is 5.82 Å². The zero-order chi connectivity index (χ0) is 15.7. The highest BCUT2D eigenvalue weighted by Gasteiger charge is 2.34. The van der Waals surface area contributed by atoms with Crippen LogP contribution in [0.3, 0.4) is 0 Å². The van der Waals surface area contributed by atoms with Crippen LogP contribution >= 0.6 is 0 Å². The average molecular weight is 312 g/mol. The lowest BCUT2D eigenvalue weighted by Crippen LogP contribution is -2.37. The molecule has 0 bridgehead atoms. The number of aryl methyl sites for hydroxylation is 1. The number of piperidine rings is 1. The van der Waals surface area contributed by atoms with Gasteiger partial charge in [-0.25, -0.2) is 9.48 Å². The summed E-state index contributed by atoms with van der Waals surface area (Å²) in [5.41, 5.74) is 1.59.